The van der Waals surface area contributed by atoms with Crippen LogP contribution in [0.25, 0.3) is 0 Å². The zero-order valence-electron chi connectivity index (χ0n) is 9.80. The lowest BCUT2D eigenvalue weighted by molar-refractivity contribution is -0.870. The van der Waals surface area contributed by atoms with Gasteiger partial charge in [-0.15, -0.1) is 0 Å². The second kappa shape index (κ2) is 6.65. The van der Waals surface area contributed by atoms with E-state index in [0.717, 1.165) is 23.9 Å². The Morgan fingerprint density at radius 3 is 2.50 bits per heavy atom. The quantitative estimate of drug-likeness (QED) is 0.520. The molecule has 0 aliphatic heterocycles. The zero-order valence-corrected chi connectivity index (χ0v) is 9.80. The minimum atomic E-state index is -0.298. The molecular formula is C10H23N2O2+. The molecule has 4 nitrogen and oxygen atoms in total. The highest BCUT2D eigenvalue weighted by atomic mass is 16.5. The highest BCUT2D eigenvalue weighted by Gasteiger charge is 2.06. The van der Waals surface area contributed by atoms with Gasteiger partial charge in [0, 0.05) is 13.0 Å². The van der Waals surface area contributed by atoms with E-state index in [1.165, 1.54) is 0 Å². The van der Waals surface area contributed by atoms with E-state index in [-0.39, 0.29) is 6.09 Å². The second-order valence-electron chi connectivity index (χ2n) is 4.43. The van der Waals surface area contributed by atoms with Crippen molar-refractivity contribution in [2.24, 2.45) is 0 Å². The molecule has 0 fully saturated rings. The average Bonchev–Trinajstić information content (AvgIpc) is 2.07. The molecule has 14 heavy (non-hydrogen) atoms. The van der Waals surface area contributed by atoms with Crippen molar-refractivity contribution in [3.8, 4) is 0 Å². The third kappa shape index (κ3) is 9.32. The van der Waals surface area contributed by atoms with Crippen LogP contribution in [-0.2, 0) is 4.74 Å². The van der Waals surface area contributed by atoms with Crippen LogP contribution in [0.2, 0.25) is 0 Å². The smallest absolute Gasteiger partial charge is 0.407 e. The van der Waals surface area contributed by atoms with Gasteiger partial charge in [-0.05, 0) is 6.42 Å². The molecule has 0 aromatic carbocycles. The monoisotopic (exact) mass is 203 g/mol. The molecule has 0 radical (unpaired) electrons. The molecule has 0 rings (SSSR count). The van der Waals surface area contributed by atoms with Gasteiger partial charge >= 0.3 is 6.09 Å². The SMILES string of the molecule is CCCOC(=O)NCCC[N+](C)(C)C. The topological polar surface area (TPSA) is 38.3 Å². The van der Waals surface area contributed by atoms with Crippen molar-refractivity contribution in [1.82, 2.24) is 5.32 Å². The fourth-order valence-corrected chi connectivity index (χ4v) is 0.990. The van der Waals surface area contributed by atoms with E-state index in [4.69, 9.17) is 4.74 Å². The maximum Gasteiger partial charge on any atom is 0.407 e. The van der Waals surface area contributed by atoms with Crippen LogP contribution in [-0.4, -0.2) is 51.4 Å². The molecule has 0 aromatic heterocycles. The lowest BCUT2D eigenvalue weighted by Gasteiger charge is -2.23. The van der Waals surface area contributed by atoms with E-state index in [2.05, 4.69) is 26.5 Å². The third-order valence-electron chi connectivity index (χ3n) is 1.71. The molecule has 0 aliphatic carbocycles. The summed E-state index contributed by atoms with van der Waals surface area (Å²) in [7, 11) is 6.40. The molecule has 0 aliphatic rings. The van der Waals surface area contributed by atoms with Crippen LogP contribution < -0.4 is 5.32 Å². The van der Waals surface area contributed by atoms with Gasteiger partial charge in [0.15, 0.2) is 0 Å². The van der Waals surface area contributed by atoms with Crippen LogP contribution in [0, 0.1) is 0 Å². The van der Waals surface area contributed by atoms with E-state index in [1.807, 2.05) is 6.92 Å². The number of ether oxygens (including phenoxy) is 1. The molecule has 84 valence electrons. The number of carbonyl (C=O) groups is 1. The molecule has 0 atom stereocenters. The normalized spacial score (nSPS) is 11.1. The Labute approximate surface area is 86.8 Å². The molecule has 0 saturated heterocycles. The van der Waals surface area contributed by atoms with Crippen LogP contribution in [0.4, 0.5) is 4.79 Å². The number of nitrogens with one attached hydrogen (secondary N) is 1. The fourth-order valence-electron chi connectivity index (χ4n) is 0.990. The van der Waals surface area contributed by atoms with Gasteiger partial charge in [-0.25, -0.2) is 4.79 Å². The highest BCUT2D eigenvalue weighted by molar-refractivity contribution is 5.66. The van der Waals surface area contributed by atoms with Crippen LogP contribution in [0.5, 0.6) is 0 Å². The standard InChI is InChI=1S/C10H22N2O2/c1-5-9-14-10(13)11-7-6-8-12(2,3)4/h5-9H2,1-4H3/p+1. The first-order chi connectivity index (χ1) is 6.45. The first-order valence-electron chi connectivity index (χ1n) is 5.17. The van der Waals surface area contributed by atoms with Crippen molar-refractivity contribution in [3.05, 3.63) is 0 Å². The molecule has 1 amide bonds. The minimum Gasteiger partial charge on any atom is -0.450 e. The lowest BCUT2D eigenvalue weighted by Crippen LogP contribution is -2.37. The van der Waals surface area contributed by atoms with Crippen molar-refractivity contribution in [2.75, 3.05) is 40.8 Å². The van der Waals surface area contributed by atoms with Crippen molar-refractivity contribution in [3.63, 3.8) is 0 Å². The molecule has 0 saturated carbocycles. The maximum absolute atomic E-state index is 11.0. The predicted molar refractivity (Wildman–Crippen MR) is 57.2 cm³/mol. The molecule has 0 spiro atoms. The Balaban J connectivity index is 3.32. The van der Waals surface area contributed by atoms with Crippen molar-refractivity contribution in [1.29, 1.82) is 0 Å². The zero-order chi connectivity index (χ0) is 11.0. The largest absolute Gasteiger partial charge is 0.450 e. The van der Waals surface area contributed by atoms with Gasteiger partial charge in [-0.3, -0.25) is 0 Å². The summed E-state index contributed by atoms with van der Waals surface area (Å²) in [5, 5.41) is 2.72. The van der Waals surface area contributed by atoms with E-state index >= 15 is 0 Å². The van der Waals surface area contributed by atoms with Gasteiger partial charge in [-0.1, -0.05) is 6.92 Å². The van der Waals surface area contributed by atoms with E-state index in [1.54, 1.807) is 0 Å². The number of carbonyl (C=O) groups excluding carboxylic acids is 1. The number of hydrogen-bond acceptors (Lipinski definition) is 2. The van der Waals surface area contributed by atoms with Gasteiger partial charge in [0.2, 0.25) is 0 Å². The Morgan fingerprint density at radius 2 is 2.00 bits per heavy atom. The summed E-state index contributed by atoms with van der Waals surface area (Å²) < 4.78 is 5.79. The summed E-state index contributed by atoms with van der Waals surface area (Å²) in [6.45, 7) is 4.22. The number of rotatable bonds is 6. The van der Waals surface area contributed by atoms with E-state index in [9.17, 15) is 4.79 Å². The van der Waals surface area contributed by atoms with Gasteiger partial charge in [0.1, 0.15) is 0 Å². The van der Waals surface area contributed by atoms with E-state index in [0.29, 0.717) is 13.2 Å². The Kier molecular flexibility index (Phi) is 6.28. The van der Waals surface area contributed by atoms with Gasteiger partial charge < -0.3 is 14.5 Å². The number of quaternary nitrogens is 1. The van der Waals surface area contributed by atoms with Crippen LogP contribution in [0.15, 0.2) is 0 Å². The van der Waals surface area contributed by atoms with Gasteiger partial charge in [0.05, 0.1) is 34.3 Å². The number of nitrogens with zero attached hydrogens (tertiary/aromatic N) is 1. The number of amides is 1. The average molecular weight is 203 g/mol. The minimum absolute atomic E-state index is 0.298. The fraction of sp³-hybridized carbons (Fsp3) is 0.900. The van der Waals surface area contributed by atoms with E-state index < -0.39 is 0 Å². The molecule has 0 unspecified atom stereocenters. The Morgan fingerprint density at radius 1 is 1.36 bits per heavy atom. The molecule has 0 aromatic rings. The van der Waals surface area contributed by atoms with Crippen molar-refractivity contribution < 1.29 is 14.0 Å². The lowest BCUT2D eigenvalue weighted by atomic mass is 10.4. The summed E-state index contributed by atoms with van der Waals surface area (Å²) in [4.78, 5) is 11.0. The van der Waals surface area contributed by atoms with Gasteiger partial charge in [0.25, 0.3) is 0 Å². The predicted octanol–water partition coefficient (Wildman–Crippen LogP) is 1.22. The maximum atomic E-state index is 11.0. The van der Waals surface area contributed by atoms with Crippen LogP contribution in [0.1, 0.15) is 19.8 Å². The number of hydrogen-bond donors (Lipinski definition) is 1. The molecule has 4 heteroatoms. The second-order valence-corrected chi connectivity index (χ2v) is 4.43. The molecular weight excluding hydrogens is 180 g/mol. The summed E-state index contributed by atoms with van der Waals surface area (Å²) >= 11 is 0. The third-order valence-corrected chi connectivity index (χ3v) is 1.71. The highest BCUT2D eigenvalue weighted by Crippen LogP contribution is 1.92. The first-order valence-corrected chi connectivity index (χ1v) is 5.17. The first kappa shape index (κ1) is 13.2. The Hall–Kier alpha value is -0.770. The molecule has 0 heterocycles. The Bertz CT molecular complexity index is 164. The van der Waals surface area contributed by atoms with Crippen molar-refractivity contribution in [2.45, 2.75) is 19.8 Å². The number of alkyl carbamates (subject to hydrolysis) is 1. The summed E-state index contributed by atoms with van der Waals surface area (Å²) in [5.41, 5.74) is 0. The van der Waals surface area contributed by atoms with Crippen molar-refractivity contribution >= 4 is 6.09 Å². The molecule has 1 N–H and O–H groups in total. The summed E-state index contributed by atoms with van der Waals surface area (Å²) in [6, 6.07) is 0. The van der Waals surface area contributed by atoms with Crippen LogP contribution >= 0.6 is 0 Å². The molecule has 0 bridgehead atoms. The van der Waals surface area contributed by atoms with Crippen LogP contribution in [0.3, 0.4) is 0 Å². The van der Waals surface area contributed by atoms with Gasteiger partial charge in [-0.2, -0.15) is 0 Å². The summed E-state index contributed by atoms with van der Waals surface area (Å²) in [5.74, 6) is 0. The summed E-state index contributed by atoms with van der Waals surface area (Å²) in [6.07, 6.45) is 1.55.